The van der Waals surface area contributed by atoms with Crippen molar-refractivity contribution in [3.63, 3.8) is 0 Å². The zero-order valence-electron chi connectivity index (χ0n) is 15.2. The summed E-state index contributed by atoms with van der Waals surface area (Å²) in [6.07, 6.45) is 2.98. The minimum absolute atomic E-state index is 0.814. The smallest absolute Gasteiger partial charge is 0.166 e. The predicted octanol–water partition coefficient (Wildman–Crippen LogP) is 5.66. The number of nitrogens with zero attached hydrogens (tertiary/aromatic N) is 3. The van der Waals surface area contributed by atoms with Crippen LogP contribution in [-0.2, 0) is 12.2 Å². The van der Waals surface area contributed by atoms with Gasteiger partial charge in [0.05, 0.1) is 27.9 Å². The van der Waals surface area contributed by atoms with Gasteiger partial charge in [-0.2, -0.15) is 0 Å². The number of para-hydroxylation sites is 2. The number of aryl methyl sites for hydroxylation is 2. The Labute approximate surface area is 171 Å². The Hall–Kier alpha value is -1.83. The van der Waals surface area contributed by atoms with Crippen LogP contribution in [-0.4, -0.2) is 25.7 Å². The fourth-order valence-electron chi connectivity index (χ4n) is 2.82. The molecular weight excluding hydrogens is 392 g/mol. The molecule has 27 heavy (non-hydrogen) atoms. The first kappa shape index (κ1) is 18.5. The number of nitrogens with one attached hydrogen (secondary N) is 1. The van der Waals surface area contributed by atoms with Gasteiger partial charge < -0.3 is 4.98 Å². The van der Waals surface area contributed by atoms with Crippen molar-refractivity contribution in [2.45, 2.75) is 36.1 Å². The van der Waals surface area contributed by atoms with Crippen molar-refractivity contribution in [1.29, 1.82) is 0 Å². The van der Waals surface area contributed by atoms with E-state index in [0.717, 1.165) is 45.5 Å². The van der Waals surface area contributed by atoms with Gasteiger partial charge in [-0.3, -0.25) is 4.98 Å². The summed E-state index contributed by atoms with van der Waals surface area (Å²) in [6, 6.07) is 10.2. The lowest BCUT2D eigenvalue weighted by Gasteiger charge is -2.09. The van der Waals surface area contributed by atoms with Gasteiger partial charge in [-0.25, -0.2) is 9.97 Å². The normalized spacial score (nSPS) is 11.3. The van der Waals surface area contributed by atoms with Gasteiger partial charge in [0.15, 0.2) is 5.16 Å². The molecule has 4 rings (SSSR count). The number of fused-ring (bicyclic) bond motifs is 1. The Bertz CT molecular complexity index is 1020. The quantitative estimate of drug-likeness (QED) is 0.397. The molecule has 0 saturated carbocycles. The third-order valence-corrected chi connectivity index (χ3v) is 7.44. The highest BCUT2D eigenvalue weighted by Gasteiger charge is 2.10. The first-order valence-electron chi connectivity index (χ1n) is 8.74. The van der Waals surface area contributed by atoms with Crippen LogP contribution in [0.4, 0.5) is 0 Å². The van der Waals surface area contributed by atoms with Crippen molar-refractivity contribution in [3.05, 3.63) is 63.9 Å². The maximum absolute atomic E-state index is 4.64. The third kappa shape index (κ3) is 4.36. The highest BCUT2D eigenvalue weighted by molar-refractivity contribution is 7.99. The fraction of sp³-hybridized carbons (Fsp3) is 0.250. The fourth-order valence-corrected chi connectivity index (χ4v) is 5.65. The number of thioether (sulfide) groups is 2. The number of pyridine rings is 1. The van der Waals surface area contributed by atoms with Gasteiger partial charge in [-0.05, 0) is 44.0 Å². The lowest BCUT2D eigenvalue weighted by atomic mass is 10.2. The largest absolute Gasteiger partial charge is 0.333 e. The average molecular weight is 413 g/mol. The van der Waals surface area contributed by atoms with Gasteiger partial charge in [-0.1, -0.05) is 23.9 Å². The standard InChI is InChI=1S/C20H20N4S3/c1-13-17(11-26-20-23-15-5-3-4-6-16(15)24-20)21-9-7-18(13)25-10-8-19-14(2)22-12-27-19/h3-7,9,12H,8,10-11H2,1-2H3,(H,23,24). The SMILES string of the molecule is Cc1ncsc1CCSc1ccnc(CSc2nc3ccccc3[nH]2)c1C. The van der Waals surface area contributed by atoms with Crippen molar-refractivity contribution in [1.82, 2.24) is 19.9 Å². The number of hydrogen-bond donors (Lipinski definition) is 1. The van der Waals surface area contributed by atoms with E-state index in [1.807, 2.05) is 41.7 Å². The van der Waals surface area contributed by atoms with Gasteiger partial charge in [-0.15, -0.1) is 23.1 Å². The summed E-state index contributed by atoms with van der Waals surface area (Å²) in [5, 5.41) is 0.941. The Morgan fingerprint density at radius 3 is 2.78 bits per heavy atom. The van der Waals surface area contributed by atoms with Crippen LogP contribution in [0.15, 0.2) is 52.1 Å². The zero-order chi connectivity index (χ0) is 18.6. The lowest BCUT2D eigenvalue weighted by Crippen LogP contribution is -1.95. The molecule has 0 fully saturated rings. The summed E-state index contributed by atoms with van der Waals surface area (Å²) in [7, 11) is 0. The molecule has 138 valence electrons. The van der Waals surface area contributed by atoms with E-state index < -0.39 is 0 Å². The molecule has 1 aromatic carbocycles. The van der Waals surface area contributed by atoms with Crippen LogP contribution in [0.2, 0.25) is 0 Å². The zero-order valence-corrected chi connectivity index (χ0v) is 17.7. The molecule has 0 unspecified atom stereocenters. The molecule has 0 aliphatic heterocycles. The molecule has 0 spiro atoms. The Morgan fingerprint density at radius 2 is 1.96 bits per heavy atom. The number of hydrogen-bond acceptors (Lipinski definition) is 6. The minimum atomic E-state index is 0.814. The van der Waals surface area contributed by atoms with Crippen LogP contribution in [0.5, 0.6) is 0 Å². The van der Waals surface area contributed by atoms with E-state index in [-0.39, 0.29) is 0 Å². The maximum atomic E-state index is 4.64. The maximum Gasteiger partial charge on any atom is 0.166 e. The van der Waals surface area contributed by atoms with Gasteiger partial charge in [0.2, 0.25) is 0 Å². The van der Waals surface area contributed by atoms with Gasteiger partial charge in [0.25, 0.3) is 0 Å². The second-order valence-electron chi connectivity index (χ2n) is 6.19. The predicted molar refractivity (Wildman–Crippen MR) is 116 cm³/mol. The van der Waals surface area contributed by atoms with Crippen molar-refractivity contribution >= 4 is 45.9 Å². The molecule has 0 saturated heterocycles. The lowest BCUT2D eigenvalue weighted by molar-refractivity contribution is 1.05. The van der Waals surface area contributed by atoms with Gasteiger partial charge in [0.1, 0.15) is 0 Å². The highest BCUT2D eigenvalue weighted by Crippen LogP contribution is 2.29. The van der Waals surface area contributed by atoms with Crippen molar-refractivity contribution in [2.24, 2.45) is 0 Å². The molecule has 4 aromatic rings. The van der Waals surface area contributed by atoms with Crippen LogP contribution in [0.1, 0.15) is 21.8 Å². The van der Waals surface area contributed by atoms with Gasteiger partial charge >= 0.3 is 0 Å². The highest BCUT2D eigenvalue weighted by atomic mass is 32.2. The monoisotopic (exact) mass is 412 g/mol. The third-order valence-electron chi connectivity index (χ3n) is 4.40. The number of rotatable bonds is 7. The number of aromatic nitrogens is 4. The van der Waals surface area contributed by atoms with Gasteiger partial charge in [0, 0.05) is 27.5 Å². The van der Waals surface area contributed by atoms with Crippen molar-refractivity contribution < 1.29 is 0 Å². The Morgan fingerprint density at radius 1 is 1.07 bits per heavy atom. The van der Waals surface area contributed by atoms with Crippen LogP contribution in [0, 0.1) is 13.8 Å². The van der Waals surface area contributed by atoms with Crippen LogP contribution >= 0.6 is 34.9 Å². The minimum Gasteiger partial charge on any atom is -0.333 e. The van der Waals surface area contributed by atoms with Crippen LogP contribution in [0.3, 0.4) is 0 Å². The summed E-state index contributed by atoms with van der Waals surface area (Å²) in [5.74, 6) is 1.87. The molecule has 0 amide bonds. The molecule has 0 atom stereocenters. The number of imidazole rings is 1. The molecular formula is C20H20N4S3. The van der Waals surface area contributed by atoms with E-state index >= 15 is 0 Å². The average Bonchev–Trinajstić information content (AvgIpc) is 3.28. The number of benzene rings is 1. The molecule has 0 radical (unpaired) electrons. The molecule has 4 nitrogen and oxygen atoms in total. The molecule has 3 aromatic heterocycles. The molecule has 0 aliphatic rings. The second-order valence-corrected chi connectivity index (χ2v) is 9.23. The summed E-state index contributed by atoms with van der Waals surface area (Å²) >= 11 is 5.35. The summed E-state index contributed by atoms with van der Waals surface area (Å²) in [4.78, 5) is 19.6. The topological polar surface area (TPSA) is 54.5 Å². The van der Waals surface area contributed by atoms with E-state index in [0.29, 0.717) is 0 Å². The Kier molecular flexibility index (Phi) is 5.80. The van der Waals surface area contributed by atoms with Crippen molar-refractivity contribution in [3.8, 4) is 0 Å². The van der Waals surface area contributed by atoms with E-state index in [9.17, 15) is 0 Å². The Balaban J connectivity index is 1.39. The summed E-state index contributed by atoms with van der Waals surface area (Å²) < 4.78 is 0. The van der Waals surface area contributed by atoms with Crippen LogP contribution < -0.4 is 0 Å². The number of thiazole rings is 1. The summed E-state index contributed by atoms with van der Waals surface area (Å²) in [5.41, 5.74) is 7.57. The van der Waals surface area contributed by atoms with E-state index in [1.54, 1.807) is 23.1 Å². The molecule has 0 aliphatic carbocycles. The van der Waals surface area contributed by atoms with E-state index in [4.69, 9.17) is 0 Å². The number of H-pyrrole nitrogens is 1. The molecule has 1 N–H and O–H groups in total. The van der Waals surface area contributed by atoms with E-state index in [1.165, 1.54) is 15.3 Å². The second kappa shape index (κ2) is 8.46. The van der Waals surface area contributed by atoms with E-state index in [2.05, 4.69) is 45.9 Å². The summed E-state index contributed by atoms with van der Waals surface area (Å²) in [6.45, 7) is 4.25. The first-order chi connectivity index (χ1) is 13.2. The molecule has 7 heteroatoms. The van der Waals surface area contributed by atoms with Crippen molar-refractivity contribution in [2.75, 3.05) is 5.75 Å². The number of aromatic amines is 1. The molecule has 0 bridgehead atoms. The first-order valence-corrected chi connectivity index (χ1v) is 11.6. The van der Waals surface area contributed by atoms with Crippen LogP contribution in [0.25, 0.3) is 11.0 Å². The molecule has 3 heterocycles.